The minimum atomic E-state index is -4.36. The van der Waals surface area contributed by atoms with Crippen molar-refractivity contribution < 1.29 is 18.9 Å². The normalized spacial score (nSPS) is 16.1. The predicted octanol–water partition coefficient (Wildman–Crippen LogP) is 6.32. The Hall–Kier alpha value is 0.110. The van der Waals surface area contributed by atoms with Gasteiger partial charge in [0.05, 0.1) is 6.61 Å². The molecule has 0 aliphatic rings. The number of hydrogen-bond donors (Lipinski definition) is 2. The first-order valence-corrected chi connectivity index (χ1v) is 11.6. The molecule has 146 valence electrons. The number of hydrogen-bond acceptors (Lipinski definition) is 2. The van der Waals surface area contributed by atoms with Gasteiger partial charge in [0.1, 0.15) is 0 Å². The Morgan fingerprint density at radius 2 is 1.21 bits per heavy atom. The average Bonchev–Trinajstić information content (AvgIpc) is 2.52. The van der Waals surface area contributed by atoms with Crippen LogP contribution in [0, 0.1) is 17.8 Å². The van der Waals surface area contributed by atoms with E-state index in [1.54, 1.807) is 0 Å². The van der Waals surface area contributed by atoms with Crippen LogP contribution in [0.15, 0.2) is 0 Å². The summed E-state index contributed by atoms with van der Waals surface area (Å²) in [6.45, 7) is 9.12. The van der Waals surface area contributed by atoms with E-state index in [0.29, 0.717) is 17.8 Å². The summed E-state index contributed by atoms with van der Waals surface area (Å²) in [6.07, 6.45) is 12.9. The van der Waals surface area contributed by atoms with Crippen LogP contribution < -0.4 is 0 Å². The van der Waals surface area contributed by atoms with E-state index in [1.165, 1.54) is 64.2 Å². The SMILES string of the molecule is CCCCC(CCC)C(CCOP(=O)(O)O)C(CCC)CCCC. The molecule has 0 saturated heterocycles. The minimum Gasteiger partial charge on any atom is -0.303 e. The van der Waals surface area contributed by atoms with E-state index in [4.69, 9.17) is 14.3 Å². The van der Waals surface area contributed by atoms with Crippen LogP contribution in [-0.2, 0) is 9.09 Å². The molecule has 4 nitrogen and oxygen atoms in total. The Morgan fingerprint density at radius 1 is 0.750 bits per heavy atom. The van der Waals surface area contributed by atoms with Crippen molar-refractivity contribution >= 4 is 7.82 Å². The van der Waals surface area contributed by atoms with Crippen molar-refractivity contribution in [2.24, 2.45) is 17.8 Å². The summed E-state index contributed by atoms with van der Waals surface area (Å²) in [7, 11) is -4.36. The summed E-state index contributed by atoms with van der Waals surface area (Å²) in [5.74, 6) is 1.84. The van der Waals surface area contributed by atoms with Gasteiger partial charge < -0.3 is 9.79 Å². The van der Waals surface area contributed by atoms with Crippen molar-refractivity contribution in [3.8, 4) is 0 Å². The van der Waals surface area contributed by atoms with Crippen molar-refractivity contribution in [1.82, 2.24) is 0 Å². The maximum atomic E-state index is 11.0. The van der Waals surface area contributed by atoms with Crippen molar-refractivity contribution in [3.05, 3.63) is 0 Å². The van der Waals surface area contributed by atoms with E-state index in [0.717, 1.165) is 6.42 Å². The molecular weight excluding hydrogens is 323 g/mol. The molecular formula is C19H41O4P. The zero-order valence-electron chi connectivity index (χ0n) is 16.4. The third-order valence-corrected chi connectivity index (χ3v) is 5.62. The lowest BCUT2D eigenvalue weighted by atomic mass is 9.72. The van der Waals surface area contributed by atoms with Gasteiger partial charge >= 0.3 is 7.82 Å². The van der Waals surface area contributed by atoms with Crippen LogP contribution in [0.3, 0.4) is 0 Å². The summed E-state index contributed by atoms with van der Waals surface area (Å²) < 4.78 is 15.8. The molecule has 0 rings (SSSR count). The lowest BCUT2D eigenvalue weighted by molar-refractivity contribution is 0.123. The molecule has 0 spiro atoms. The molecule has 0 saturated carbocycles. The first-order valence-electron chi connectivity index (χ1n) is 10.1. The van der Waals surface area contributed by atoms with E-state index in [1.807, 2.05) is 0 Å². The second-order valence-electron chi connectivity index (χ2n) is 7.16. The predicted molar refractivity (Wildman–Crippen MR) is 102 cm³/mol. The van der Waals surface area contributed by atoms with Gasteiger partial charge in [0.15, 0.2) is 0 Å². The minimum absolute atomic E-state index is 0.174. The summed E-state index contributed by atoms with van der Waals surface area (Å²) in [5.41, 5.74) is 0. The molecule has 0 aromatic carbocycles. The molecule has 0 aliphatic heterocycles. The van der Waals surface area contributed by atoms with Crippen molar-refractivity contribution in [3.63, 3.8) is 0 Å². The van der Waals surface area contributed by atoms with Crippen LogP contribution in [0.1, 0.15) is 98.3 Å². The van der Waals surface area contributed by atoms with Gasteiger partial charge in [-0.15, -0.1) is 0 Å². The second kappa shape index (κ2) is 14.3. The molecule has 0 fully saturated rings. The molecule has 24 heavy (non-hydrogen) atoms. The zero-order valence-corrected chi connectivity index (χ0v) is 17.3. The van der Waals surface area contributed by atoms with Gasteiger partial charge in [0.2, 0.25) is 0 Å². The van der Waals surface area contributed by atoms with Gasteiger partial charge in [0, 0.05) is 0 Å². The molecule has 0 aromatic heterocycles. The quantitative estimate of drug-likeness (QED) is 0.315. The topological polar surface area (TPSA) is 66.8 Å². The fourth-order valence-corrected chi connectivity index (χ4v) is 4.33. The number of phosphoric acid groups is 1. The maximum Gasteiger partial charge on any atom is 0.469 e. The average molecular weight is 365 g/mol. The van der Waals surface area contributed by atoms with Crippen molar-refractivity contribution in [2.45, 2.75) is 98.3 Å². The highest BCUT2D eigenvalue weighted by Crippen LogP contribution is 2.40. The Bertz CT molecular complexity index is 311. The summed E-state index contributed by atoms with van der Waals surface area (Å²) in [6, 6.07) is 0. The summed E-state index contributed by atoms with van der Waals surface area (Å²) in [5, 5.41) is 0. The van der Waals surface area contributed by atoms with Gasteiger partial charge in [-0.2, -0.15) is 0 Å². The Kier molecular flexibility index (Phi) is 14.4. The van der Waals surface area contributed by atoms with Crippen molar-refractivity contribution in [1.29, 1.82) is 0 Å². The fraction of sp³-hybridized carbons (Fsp3) is 1.00. The van der Waals surface area contributed by atoms with E-state index in [2.05, 4.69) is 27.7 Å². The third-order valence-electron chi connectivity index (χ3n) is 5.10. The first kappa shape index (κ1) is 24.1. The highest BCUT2D eigenvalue weighted by molar-refractivity contribution is 7.46. The molecule has 0 radical (unpaired) electrons. The third kappa shape index (κ3) is 11.6. The Morgan fingerprint density at radius 3 is 1.54 bits per heavy atom. The number of rotatable bonds is 16. The van der Waals surface area contributed by atoms with E-state index in [9.17, 15) is 4.57 Å². The highest BCUT2D eigenvalue weighted by Gasteiger charge is 2.28. The molecule has 0 aliphatic carbocycles. The monoisotopic (exact) mass is 364 g/mol. The molecule has 0 bridgehead atoms. The standard InChI is InChI=1S/C19H41O4P/c1-5-9-13-17(11-7-3)19(15-16-23-24(20,21)22)18(12-8-4)14-10-6-2/h17-19H,5-16H2,1-4H3,(H2,20,21,22). The van der Waals surface area contributed by atoms with Crippen LogP contribution >= 0.6 is 7.82 Å². The fourth-order valence-electron chi connectivity index (χ4n) is 3.98. The number of phosphoric ester groups is 1. The van der Waals surface area contributed by atoms with Gasteiger partial charge in [-0.25, -0.2) is 4.57 Å². The Balaban J connectivity index is 5.05. The molecule has 0 aromatic rings. The summed E-state index contributed by atoms with van der Waals surface area (Å²) >= 11 is 0. The van der Waals surface area contributed by atoms with Crippen LogP contribution in [0.2, 0.25) is 0 Å². The molecule has 0 amide bonds. The molecule has 5 heteroatoms. The zero-order chi connectivity index (χ0) is 18.4. The van der Waals surface area contributed by atoms with Gasteiger partial charge in [-0.1, -0.05) is 91.9 Å². The van der Waals surface area contributed by atoms with Crippen LogP contribution in [0.25, 0.3) is 0 Å². The smallest absolute Gasteiger partial charge is 0.303 e. The van der Waals surface area contributed by atoms with E-state index in [-0.39, 0.29) is 6.61 Å². The summed E-state index contributed by atoms with van der Waals surface area (Å²) in [4.78, 5) is 18.0. The Labute approximate surface area is 150 Å². The first-order chi connectivity index (χ1) is 11.4. The molecule has 2 N–H and O–H groups in total. The lowest BCUT2D eigenvalue weighted by Gasteiger charge is -2.34. The van der Waals surface area contributed by atoms with Crippen LogP contribution in [0.4, 0.5) is 0 Å². The van der Waals surface area contributed by atoms with E-state index >= 15 is 0 Å². The maximum absolute atomic E-state index is 11.0. The van der Waals surface area contributed by atoms with Gasteiger partial charge in [0.25, 0.3) is 0 Å². The van der Waals surface area contributed by atoms with Crippen LogP contribution in [-0.4, -0.2) is 16.4 Å². The number of unbranched alkanes of at least 4 members (excludes halogenated alkanes) is 2. The largest absolute Gasteiger partial charge is 0.469 e. The molecule has 0 heterocycles. The van der Waals surface area contributed by atoms with Gasteiger partial charge in [-0.3, -0.25) is 4.52 Å². The lowest BCUT2D eigenvalue weighted by Crippen LogP contribution is -2.26. The second-order valence-corrected chi connectivity index (χ2v) is 8.40. The van der Waals surface area contributed by atoms with Gasteiger partial charge in [-0.05, 0) is 24.2 Å². The van der Waals surface area contributed by atoms with E-state index < -0.39 is 7.82 Å². The molecule has 2 atom stereocenters. The van der Waals surface area contributed by atoms with Crippen LogP contribution in [0.5, 0.6) is 0 Å². The van der Waals surface area contributed by atoms with Crippen molar-refractivity contribution in [2.75, 3.05) is 6.61 Å². The molecule has 2 unspecified atom stereocenters. The highest BCUT2D eigenvalue weighted by atomic mass is 31.2.